The number of aliphatic carboxylic acids is 1. The number of hydrogen-bond acceptors (Lipinski definition) is 2. The molecule has 2 heterocycles. The van der Waals surface area contributed by atoms with Crippen molar-refractivity contribution in [2.45, 2.75) is 24.9 Å². The molecule has 1 amide bonds. The van der Waals surface area contributed by atoms with Crippen molar-refractivity contribution in [2.24, 2.45) is 0 Å². The summed E-state index contributed by atoms with van der Waals surface area (Å²) in [5, 5.41) is 9.96. The third-order valence-electron chi connectivity index (χ3n) is 3.86. The number of likely N-dealkylation sites (tertiary alicyclic amines) is 1. The number of alkyl halides is 2. The molecule has 2 aromatic rings. The van der Waals surface area contributed by atoms with Gasteiger partial charge in [0.05, 0.1) is 6.54 Å². The third-order valence-corrected chi connectivity index (χ3v) is 3.86. The van der Waals surface area contributed by atoms with Crippen molar-refractivity contribution >= 4 is 22.8 Å². The number of carbonyl (C=O) groups is 2. The average Bonchev–Trinajstić information content (AvgIpc) is 3.00. The number of amides is 1. The molecule has 22 heavy (non-hydrogen) atoms. The summed E-state index contributed by atoms with van der Waals surface area (Å²) in [4.78, 5) is 24.1. The van der Waals surface area contributed by atoms with Crippen LogP contribution in [0.3, 0.4) is 0 Å². The van der Waals surface area contributed by atoms with Crippen LogP contribution in [-0.4, -0.2) is 45.0 Å². The third kappa shape index (κ3) is 2.54. The van der Waals surface area contributed by atoms with Crippen molar-refractivity contribution in [2.75, 3.05) is 6.54 Å². The molecule has 0 saturated carbocycles. The highest BCUT2D eigenvalue weighted by Crippen LogP contribution is 2.32. The van der Waals surface area contributed by atoms with Crippen LogP contribution in [0.1, 0.15) is 6.42 Å². The lowest BCUT2D eigenvalue weighted by Crippen LogP contribution is -2.42. The lowest BCUT2D eigenvalue weighted by molar-refractivity contribution is -0.148. The van der Waals surface area contributed by atoms with Crippen LogP contribution >= 0.6 is 0 Å². The van der Waals surface area contributed by atoms with E-state index in [2.05, 4.69) is 0 Å². The quantitative estimate of drug-likeness (QED) is 0.943. The Labute approximate surface area is 124 Å². The normalized spacial score (nSPS) is 20.5. The van der Waals surface area contributed by atoms with E-state index >= 15 is 0 Å². The van der Waals surface area contributed by atoms with E-state index in [9.17, 15) is 18.4 Å². The second-order valence-corrected chi connectivity index (χ2v) is 5.44. The van der Waals surface area contributed by atoms with Crippen LogP contribution in [0.2, 0.25) is 0 Å². The lowest BCUT2D eigenvalue weighted by atomic mass is 10.2. The van der Waals surface area contributed by atoms with Crippen LogP contribution in [0.5, 0.6) is 0 Å². The molecule has 7 heteroatoms. The number of carboxylic acid groups (broad SMARTS) is 1. The monoisotopic (exact) mass is 308 g/mol. The van der Waals surface area contributed by atoms with Gasteiger partial charge in [0.15, 0.2) is 0 Å². The summed E-state index contributed by atoms with van der Waals surface area (Å²) in [5.41, 5.74) is 0.800. The fraction of sp³-hybridized carbons (Fsp3) is 0.333. The Balaban J connectivity index is 1.83. The molecule has 1 aromatic heterocycles. The van der Waals surface area contributed by atoms with Crippen LogP contribution in [0.25, 0.3) is 10.9 Å². The molecular weight excluding hydrogens is 294 g/mol. The number of carbonyl (C=O) groups excluding carboxylic acids is 1. The molecular formula is C15H14F2N2O3. The number of benzene rings is 1. The Morgan fingerprint density at radius 3 is 2.73 bits per heavy atom. The number of fused-ring (bicyclic) bond motifs is 1. The van der Waals surface area contributed by atoms with E-state index < -0.39 is 36.8 Å². The smallest absolute Gasteiger partial charge is 0.326 e. The van der Waals surface area contributed by atoms with E-state index in [1.165, 1.54) is 0 Å². The van der Waals surface area contributed by atoms with Crippen LogP contribution in [0, 0.1) is 0 Å². The number of rotatable bonds is 3. The molecule has 3 rings (SSSR count). The zero-order valence-electron chi connectivity index (χ0n) is 11.6. The summed E-state index contributed by atoms with van der Waals surface area (Å²) in [7, 11) is 0. The van der Waals surface area contributed by atoms with Crippen LogP contribution < -0.4 is 0 Å². The summed E-state index contributed by atoms with van der Waals surface area (Å²) < 4.78 is 28.5. The maximum atomic E-state index is 13.4. The molecule has 1 atom stereocenters. The molecule has 1 aromatic carbocycles. The van der Waals surface area contributed by atoms with Gasteiger partial charge in [-0.3, -0.25) is 4.79 Å². The predicted octanol–water partition coefficient (Wildman–Crippen LogP) is 1.96. The molecule has 0 unspecified atom stereocenters. The van der Waals surface area contributed by atoms with Gasteiger partial charge in [-0.25, -0.2) is 13.6 Å². The molecule has 0 aliphatic carbocycles. The van der Waals surface area contributed by atoms with Gasteiger partial charge in [-0.1, -0.05) is 18.2 Å². The van der Waals surface area contributed by atoms with E-state index in [0.717, 1.165) is 15.8 Å². The molecule has 0 radical (unpaired) electrons. The SMILES string of the molecule is O=C(O)[C@@H]1CC(F)(F)CN1C(=O)Cn1ccc2ccccc21. The lowest BCUT2D eigenvalue weighted by Gasteiger charge is -2.21. The second kappa shape index (κ2) is 5.08. The number of halogens is 2. The van der Waals surface area contributed by atoms with E-state index in [4.69, 9.17) is 5.11 Å². The van der Waals surface area contributed by atoms with Gasteiger partial charge in [0.25, 0.3) is 5.92 Å². The van der Waals surface area contributed by atoms with Crippen molar-refractivity contribution in [1.82, 2.24) is 9.47 Å². The molecule has 1 aliphatic heterocycles. The number of hydrogen-bond donors (Lipinski definition) is 1. The van der Waals surface area contributed by atoms with E-state index in [1.807, 2.05) is 30.3 Å². The van der Waals surface area contributed by atoms with Gasteiger partial charge >= 0.3 is 5.97 Å². The molecule has 0 spiro atoms. The standard InChI is InChI=1S/C15H14F2N2O3/c16-15(17)7-12(14(21)22)19(9-15)13(20)8-18-6-5-10-3-1-2-4-11(10)18/h1-6,12H,7-9H2,(H,21,22)/t12-/m0/s1. The molecule has 1 N–H and O–H groups in total. The maximum absolute atomic E-state index is 13.4. The van der Waals surface area contributed by atoms with Gasteiger partial charge in [0.1, 0.15) is 12.6 Å². The number of nitrogens with zero attached hydrogens (tertiary/aromatic N) is 2. The molecule has 116 valence electrons. The highest BCUT2D eigenvalue weighted by molar-refractivity contribution is 5.86. The largest absolute Gasteiger partial charge is 0.480 e. The molecule has 1 aliphatic rings. The summed E-state index contributed by atoms with van der Waals surface area (Å²) in [5.74, 6) is -5.17. The first-order chi connectivity index (χ1) is 10.4. The van der Waals surface area contributed by atoms with Crippen LogP contribution in [-0.2, 0) is 16.1 Å². The van der Waals surface area contributed by atoms with Crippen molar-refractivity contribution in [3.63, 3.8) is 0 Å². The van der Waals surface area contributed by atoms with E-state index in [-0.39, 0.29) is 6.54 Å². The first-order valence-electron chi connectivity index (χ1n) is 6.81. The minimum absolute atomic E-state index is 0.159. The molecule has 1 saturated heterocycles. The van der Waals surface area contributed by atoms with Crippen molar-refractivity contribution in [3.8, 4) is 0 Å². The van der Waals surface area contributed by atoms with Gasteiger partial charge in [-0.2, -0.15) is 0 Å². The van der Waals surface area contributed by atoms with Crippen LogP contribution in [0.4, 0.5) is 8.78 Å². The Bertz CT molecular complexity index is 741. The van der Waals surface area contributed by atoms with Gasteiger partial charge in [0.2, 0.25) is 5.91 Å². The minimum atomic E-state index is -3.16. The Kier molecular flexibility index (Phi) is 3.35. The summed E-state index contributed by atoms with van der Waals surface area (Å²) >= 11 is 0. The predicted molar refractivity (Wildman–Crippen MR) is 74.6 cm³/mol. The second-order valence-electron chi connectivity index (χ2n) is 5.44. The van der Waals surface area contributed by atoms with E-state index in [1.54, 1.807) is 10.8 Å². The van der Waals surface area contributed by atoms with Gasteiger partial charge in [0, 0.05) is 18.1 Å². The van der Waals surface area contributed by atoms with Crippen molar-refractivity contribution < 1.29 is 23.5 Å². The van der Waals surface area contributed by atoms with Gasteiger partial charge in [-0.05, 0) is 17.5 Å². The van der Waals surface area contributed by atoms with Crippen molar-refractivity contribution in [1.29, 1.82) is 0 Å². The number of carboxylic acids is 1. The summed E-state index contributed by atoms with van der Waals surface area (Å²) in [6, 6.07) is 7.71. The zero-order chi connectivity index (χ0) is 15.9. The zero-order valence-corrected chi connectivity index (χ0v) is 11.6. The molecule has 0 bridgehead atoms. The summed E-state index contributed by atoms with van der Waals surface area (Å²) in [6.07, 6.45) is 0.854. The highest BCUT2D eigenvalue weighted by Gasteiger charge is 2.50. The highest BCUT2D eigenvalue weighted by atomic mass is 19.3. The minimum Gasteiger partial charge on any atom is -0.480 e. The van der Waals surface area contributed by atoms with Gasteiger partial charge < -0.3 is 14.6 Å². The number of para-hydroxylation sites is 1. The summed E-state index contributed by atoms with van der Waals surface area (Å²) in [6.45, 7) is -1.00. The van der Waals surface area contributed by atoms with Gasteiger partial charge in [-0.15, -0.1) is 0 Å². The topological polar surface area (TPSA) is 62.5 Å². The first-order valence-corrected chi connectivity index (χ1v) is 6.81. The molecule has 1 fully saturated rings. The fourth-order valence-corrected chi connectivity index (χ4v) is 2.81. The van der Waals surface area contributed by atoms with Crippen LogP contribution in [0.15, 0.2) is 36.5 Å². The van der Waals surface area contributed by atoms with E-state index in [0.29, 0.717) is 0 Å². The Morgan fingerprint density at radius 2 is 2.00 bits per heavy atom. The first kappa shape index (κ1) is 14.5. The Hall–Kier alpha value is -2.44. The van der Waals surface area contributed by atoms with Crippen molar-refractivity contribution in [3.05, 3.63) is 36.5 Å². The number of aromatic nitrogens is 1. The fourth-order valence-electron chi connectivity index (χ4n) is 2.81. The average molecular weight is 308 g/mol. The maximum Gasteiger partial charge on any atom is 0.326 e. The molecule has 5 nitrogen and oxygen atoms in total. The Morgan fingerprint density at radius 1 is 1.27 bits per heavy atom.